The average Bonchev–Trinajstić information content (AvgIpc) is 2.80. The molecule has 0 amide bonds. The van der Waals surface area contributed by atoms with E-state index in [1.807, 2.05) is 0 Å². The zero-order chi connectivity index (χ0) is 14.8. The summed E-state index contributed by atoms with van der Waals surface area (Å²) in [7, 11) is 0. The standard InChI is InChI=1S/C20H25N/c1-14(2)12-13-15(3)21-20-18-10-6-4-8-16(18)17-9-5-7-11-19(17)20/h4-11,14-15,20-21H,12-13H2,1-3H3. The van der Waals surface area contributed by atoms with Gasteiger partial charge in [-0.2, -0.15) is 0 Å². The average molecular weight is 279 g/mol. The highest BCUT2D eigenvalue weighted by Crippen LogP contribution is 2.43. The van der Waals surface area contributed by atoms with Gasteiger partial charge in [0.15, 0.2) is 0 Å². The van der Waals surface area contributed by atoms with Crippen molar-refractivity contribution in [2.75, 3.05) is 0 Å². The third-order valence-corrected chi connectivity index (χ3v) is 4.46. The lowest BCUT2D eigenvalue weighted by molar-refractivity contribution is 0.430. The van der Waals surface area contributed by atoms with E-state index in [0.717, 1.165) is 5.92 Å². The number of benzene rings is 2. The Morgan fingerprint density at radius 3 is 1.86 bits per heavy atom. The largest absolute Gasteiger partial charge is 0.304 e. The Morgan fingerprint density at radius 2 is 1.33 bits per heavy atom. The SMILES string of the molecule is CC(C)CCC(C)NC1c2ccccc2-c2ccccc21. The fourth-order valence-electron chi connectivity index (χ4n) is 3.29. The Bertz CT molecular complexity index is 569. The first kappa shape index (κ1) is 14.3. The maximum absolute atomic E-state index is 3.85. The predicted molar refractivity (Wildman–Crippen MR) is 90.4 cm³/mol. The third kappa shape index (κ3) is 2.89. The van der Waals surface area contributed by atoms with Crippen molar-refractivity contribution >= 4 is 0 Å². The quantitative estimate of drug-likeness (QED) is 0.796. The van der Waals surface area contributed by atoms with Crippen molar-refractivity contribution in [3.63, 3.8) is 0 Å². The van der Waals surface area contributed by atoms with Crippen LogP contribution < -0.4 is 5.32 Å². The van der Waals surface area contributed by atoms with E-state index in [4.69, 9.17) is 0 Å². The number of hydrogen-bond donors (Lipinski definition) is 1. The normalized spacial score (nSPS) is 15.0. The molecule has 110 valence electrons. The number of hydrogen-bond acceptors (Lipinski definition) is 1. The number of rotatable bonds is 5. The maximum Gasteiger partial charge on any atom is 0.0591 e. The second kappa shape index (κ2) is 6.03. The van der Waals surface area contributed by atoms with Crippen molar-refractivity contribution in [3.8, 4) is 11.1 Å². The highest BCUT2D eigenvalue weighted by atomic mass is 15.0. The van der Waals surface area contributed by atoms with E-state index < -0.39 is 0 Å². The molecule has 0 heterocycles. The van der Waals surface area contributed by atoms with Crippen LogP contribution in [0.15, 0.2) is 48.5 Å². The molecule has 0 aliphatic heterocycles. The van der Waals surface area contributed by atoms with E-state index >= 15 is 0 Å². The second-order valence-corrected chi connectivity index (χ2v) is 6.65. The Kier molecular flexibility index (Phi) is 4.12. The highest BCUT2D eigenvalue weighted by molar-refractivity contribution is 5.78. The van der Waals surface area contributed by atoms with E-state index in [0.29, 0.717) is 12.1 Å². The fraction of sp³-hybridized carbons (Fsp3) is 0.400. The summed E-state index contributed by atoms with van der Waals surface area (Å²) in [5.74, 6) is 0.775. The molecule has 1 heteroatoms. The molecule has 1 aliphatic carbocycles. The summed E-state index contributed by atoms with van der Waals surface area (Å²) in [5, 5.41) is 3.85. The monoisotopic (exact) mass is 279 g/mol. The van der Waals surface area contributed by atoms with Crippen molar-refractivity contribution in [2.45, 2.75) is 45.7 Å². The number of fused-ring (bicyclic) bond motifs is 3. The molecular weight excluding hydrogens is 254 g/mol. The van der Waals surface area contributed by atoms with Crippen LogP contribution in [-0.4, -0.2) is 6.04 Å². The van der Waals surface area contributed by atoms with Gasteiger partial charge in [0.25, 0.3) is 0 Å². The summed E-state index contributed by atoms with van der Waals surface area (Å²) < 4.78 is 0. The van der Waals surface area contributed by atoms with Crippen LogP contribution in [0.5, 0.6) is 0 Å². The molecule has 21 heavy (non-hydrogen) atoms. The van der Waals surface area contributed by atoms with Crippen molar-refractivity contribution in [3.05, 3.63) is 59.7 Å². The van der Waals surface area contributed by atoms with Gasteiger partial charge in [0, 0.05) is 6.04 Å². The van der Waals surface area contributed by atoms with E-state index in [1.165, 1.54) is 35.1 Å². The molecule has 0 radical (unpaired) electrons. The Labute approximate surface area is 128 Å². The van der Waals surface area contributed by atoms with Crippen LogP contribution in [0, 0.1) is 5.92 Å². The van der Waals surface area contributed by atoms with Crippen LogP contribution >= 0.6 is 0 Å². The minimum atomic E-state index is 0.347. The van der Waals surface area contributed by atoms with Gasteiger partial charge >= 0.3 is 0 Å². The molecule has 3 rings (SSSR count). The van der Waals surface area contributed by atoms with Crippen molar-refractivity contribution in [1.82, 2.24) is 5.32 Å². The molecule has 0 saturated carbocycles. The molecule has 0 saturated heterocycles. The highest BCUT2D eigenvalue weighted by Gasteiger charge is 2.28. The van der Waals surface area contributed by atoms with E-state index in [1.54, 1.807) is 0 Å². The predicted octanol–water partition coefficient (Wildman–Crippen LogP) is 5.17. The second-order valence-electron chi connectivity index (χ2n) is 6.65. The first-order chi connectivity index (χ1) is 10.2. The van der Waals surface area contributed by atoms with Gasteiger partial charge in [0.2, 0.25) is 0 Å². The molecule has 1 N–H and O–H groups in total. The molecular formula is C20H25N. The first-order valence-electron chi connectivity index (χ1n) is 8.11. The Morgan fingerprint density at radius 1 is 0.810 bits per heavy atom. The zero-order valence-corrected chi connectivity index (χ0v) is 13.3. The lowest BCUT2D eigenvalue weighted by Crippen LogP contribution is -2.30. The summed E-state index contributed by atoms with van der Waals surface area (Å²) in [6.07, 6.45) is 2.52. The Hall–Kier alpha value is -1.60. The van der Waals surface area contributed by atoms with Crippen molar-refractivity contribution < 1.29 is 0 Å². The van der Waals surface area contributed by atoms with Gasteiger partial charge in [-0.25, -0.2) is 0 Å². The molecule has 2 aromatic carbocycles. The maximum atomic E-state index is 3.85. The summed E-state index contributed by atoms with van der Waals surface area (Å²) >= 11 is 0. The van der Waals surface area contributed by atoms with E-state index in [2.05, 4.69) is 74.6 Å². The zero-order valence-electron chi connectivity index (χ0n) is 13.3. The lowest BCUT2D eigenvalue weighted by Gasteiger charge is -2.22. The van der Waals surface area contributed by atoms with Crippen LogP contribution in [0.1, 0.15) is 50.8 Å². The van der Waals surface area contributed by atoms with Gasteiger partial charge in [-0.15, -0.1) is 0 Å². The smallest absolute Gasteiger partial charge is 0.0591 e. The van der Waals surface area contributed by atoms with E-state index in [9.17, 15) is 0 Å². The topological polar surface area (TPSA) is 12.0 Å². The molecule has 2 aromatic rings. The molecule has 0 aromatic heterocycles. The van der Waals surface area contributed by atoms with Gasteiger partial charge in [-0.1, -0.05) is 62.4 Å². The van der Waals surface area contributed by atoms with Crippen LogP contribution in [0.4, 0.5) is 0 Å². The third-order valence-electron chi connectivity index (χ3n) is 4.46. The van der Waals surface area contributed by atoms with Gasteiger partial charge in [-0.05, 0) is 47.9 Å². The molecule has 0 bridgehead atoms. The molecule has 1 nitrogen and oxygen atoms in total. The van der Waals surface area contributed by atoms with Gasteiger partial charge < -0.3 is 5.32 Å². The minimum Gasteiger partial charge on any atom is -0.304 e. The minimum absolute atomic E-state index is 0.347. The summed E-state index contributed by atoms with van der Waals surface area (Å²) in [6, 6.07) is 18.5. The van der Waals surface area contributed by atoms with Crippen molar-refractivity contribution in [2.24, 2.45) is 5.92 Å². The fourth-order valence-corrected chi connectivity index (χ4v) is 3.29. The van der Waals surface area contributed by atoms with Crippen LogP contribution in [0.25, 0.3) is 11.1 Å². The number of nitrogens with one attached hydrogen (secondary N) is 1. The van der Waals surface area contributed by atoms with Crippen LogP contribution in [0.2, 0.25) is 0 Å². The molecule has 1 atom stereocenters. The molecule has 1 aliphatic rings. The summed E-state index contributed by atoms with van der Waals surface area (Å²) in [6.45, 7) is 6.91. The lowest BCUT2D eigenvalue weighted by atomic mass is 10.0. The molecule has 0 spiro atoms. The van der Waals surface area contributed by atoms with E-state index in [-0.39, 0.29) is 0 Å². The van der Waals surface area contributed by atoms with Gasteiger partial charge in [-0.3, -0.25) is 0 Å². The Balaban J connectivity index is 1.85. The first-order valence-corrected chi connectivity index (χ1v) is 8.11. The summed E-state index contributed by atoms with van der Waals surface area (Å²) in [4.78, 5) is 0. The molecule has 0 fully saturated rings. The van der Waals surface area contributed by atoms with Crippen LogP contribution in [-0.2, 0) is 0 Å². The van der Waals surface area contributed by atoms with Gasteiger partial charge in [0.05, 0.1) is 6.04 Å². The van der Waals surface area contributed by atoms with Crippen LogP contribution in [0.3, 0.4) is 0 Å². The van der Waals surface area contributed by atoms with Gasteiger partial charge in [0.1, 0.15) is 0 Å². The summed E-state index contributed by atoms with van der Waals surface area (Å²) in [5.41, 5.74) is 5.63. The molecule has 1 unspecified atom stereocenters. The van der Waals surface area contributed by atoms with Crippen molar-refractivity contribution in [1.29, 1.82) is 0 Å².